The van der Waals surface area contributed by atoms with E-state index >= 15 is 0 Å². The van der Waals surface area contributed by atoms with Crippen molar-refractivity contribution in [3.8, 4) is 5.69 Å². The molecule has 0 spiro atoms. The van der Waals surface area contributed by atoms with Gasteiger partial charge >= 0.3 is 5.97 Å². The van der Waals surface area contributed by atoms with Crippen LogP contribution in [0.2, 0.25) is 0 Å². The highest BCUT2D eigenvalue weighted by molar-refractivity contribution is 9.10. The molecule has 3 rings (SSSR count). The number of amides is 1. The lowest BCUT2D eigenvalue weighted by atomic mass is 10.1. The Bertz CT molecular complexity index is 1090. The zero-order valence-electron chi connectivity index (χ0n) is 16.0. The van der Waals surface area contributed by atoms with Crippen molar-refractivity contribution in [2.45, 2.75) is 20.3 Å². The van der Waals surface area contributed by atoms with Crippen LogP contribution in [0.1, 0.15) is 32.9 Å². The Morgan fingerprint density at radius 2 is 1.83 bits per heavy atom. The lowest BCUT2D eigenvalue weighted by molar-refractivity contribution is -0.136. The Hall–Kier alpha value is -3.19. The number of carbonyl (C=O) groups excluding carboxylic acids is 1. The molecule has 3 aromatic rings. The summed E-state index contributed by atoms with van der Waals surface area (Å²) in [7, 11) is 0. The van der Waals surface area contributed by atoms with E-state index in [1.165, 1.54) is 0 Å². The maximum Gasteiger partial charge on any atom is 0.307 e. The predicted octanol–water partition coefficient (Wildman–Crippen LogP) is 4.25. The molecule has 1 aromatic heterocycles. The van der Waals surface area contributed by atoms with Gasteiger partial charge in [0.2, 0.25) is 0 Å². The molecule has 0 unspecified atom stereocenters. The third-order valence-electron chi connectivity index (χ3n) is 4.51. The van der Waals surface area contributed by atoms with E-state index in [2.05, 4.69) is 31.0 Å². The number of hydrazone groups is 1. The number of aryl methyl sites for hydroxylation is 1. The summed E-state index contributed by atoms with van der Waals surface area (Å²) >= 11 is 3.35. The molecule has 148 valence electrons. The van der Waals surface area contributed by atoms with Crippen molar-refractivity contribution in [2.75, 3.05) is 0 Å². The largest absolute Gasteiger partial charge is 0.481 e. The van der Waals surface area contributed by atoms with Gasteiger partial charge in [0.1, 0.15) is 0 Å². The molecule has 0 saturated heterocycles. The first-order valence-electron chi connectivity index (χ1n) is 8.95. The summed E-state index contributed by atoms with van der Waals surface area (Å²) in [6, 6.07) is 16.5. The van der Waals surface area contributed by atoms with Crippen LogP contribution in [0, 0.1) is 13.8 Å². The number of hydrogen-bond acceptors (Lipinski definition) is 3. The predicted molar refractivity (Wildman–Crippen MR) is 116 cm³/mol. The molecular weight excluding hydrogens is 434 g/mol. The summed E-state index contributed by atoms with van der Waals surface area (Å²) in [5.74, 6) is -1.15. The van der Waals surface area contributed by atoms with E-state index in [0.717, 1.165) is 28.2 Å². The minimum atomic E-state index is -0.853. The van der Waals surface area contributed by atoms with Crippen molar-refractivity contribution in [2.24, 2.45) is 5.10 Å². The van der Waals surface area contributed by atoms with Gasteiger partial charge in [0.25, 0.3) is 5.91 Å². The van der Waals surface area contributed by atoms with Gasteiger partial charge in [0.15, 0.2) is 0 Å². The van der Waals surface area contributed by atoms with Gasteiger partial charge in [-0.15, -0.1) is 0 Å². The maximum absolute atomic E-state index is 12.2. The van der Waals surface area contributed by atoms with Gasteiger partial charge in [0, 0.05) is 27.1 Å². The fourth-order valence-electron chi connectivity index (χ4n) is 3.12. The van der Waals surface area contributed by atoms with Crippen LogP contribution in [0.5, 0.6) is 0 Å². The molecule has 29 heavy (non-hydrogen) atoms. The first-order valence-corrected chi connectivity index (χ1v) is 9.74. The van der Waals surface area contributed by atoms with Gasteiger partial charge in [-0.05, 0) is 65.7 Å². The van der Waals surface area contributed by atoms with Crippen LogP contribution in [-0.2, 0) is 11.2 Å². The molecule has 0 aliphatic heterocycles. The number of aliphatic carboxylic acids is 1. The molecule has 2 aromatic carbocycles. The summed E-state index contributed by atoms with van der Waals surface area (Å²) in [4.78, 5) is 23.1. The number of rotatable bonds is 6. The highest BCUT2D eigenvalue weighted by atomic mass is 79.9. The van der Waals surface area contributed by atoms with Gasteiger partial charge in [-0.1, -0.05) is 24.3 Å². The first-order chi connectivity index (χ1) is 13.9. The van der Waals surface area contributed by atoms with Gasteiger partial charge < -0.3 is 9.67 Å². The summed E-state index contributed by atoms with van der Waals surface area (Å²) in [5, 5.41) is 13.0. The zero-order valence-corrected chi connectivity index (χ0v) is 17.6. The average molecular weight is 454 g/mol. The van der Waals surface area contributed by atoms with Crippen molar-refractivity contribution >= 4 is 34.0 Å². The molecule has 0 saturated carbocycles. The second-order valence-electron chi connectivity index (χ2n) is 6.58. The van der Waals surface area contributed by atoms with Gasteiger partial charge in [-0.25, -0.2) is 5.43 Å². The molecule has 7 heteroatoms. The molecule has 1 heterocycles. The van der Waals surface area contributed by atoms with Crippen LogP contribution in [-0.4, -0.2) is 27.8 Å². The van der Waals surface area contributed by atoms with Gasteiger partial charge in [-0.2, -0.15) is 5.10 Å². The van der Waals surface area contributed by atoms with Gasteiger partial charge in [-0.3, -0.25) is 9.59 Å². The lowest BCUT2D eigenvalue weighted by Crippen LogP contribution is -2.18. The standard InChI is InChI=1S/C22H20BrN3O3/c1-14-11-17(13-24-25-22(29)19-5-3-4-6-20(19)23)15(2)26(14)18-9-7-16(8-10-18)12-21(27)28/h3-11,13H,12H2,1-2H3,(H,25,29)(H,27,28)/b24-13-. The number of carboxylic acid groups (broad SMARTS) is 1. The Morgan fingerprint density at radius 3 is 2.48 bits per heavy atom. The number of nitrogens with zero attached hydrogens (tertiary/aromatic N) is 2. The lowest BCUT2D eigenvalue weighted by Gasteiger charge is -2.10. The third-order valence-corrected chi connectivity index (χ3v) is 5.20. The van der Waals surface area contributed by atoms with E-state index < -0.39 is 5.97 Å². The van der Waals surface area contributed by atoms with Crippen molar-refractivity contribution < 1.29 is 14.7 Å². The first kappa shape index (κ1) is 20.5. The molecular formula is C22H20BrN3O3. The summed E-state index contributed by atoms with van der Waals surface area (Å²) in [6.45, 7) is 3.95. The molecule has 6 nitrogen and oxygen atoms in total. The van der Waals surface area contributed by atoms with E-state index in [9.17, 15) is 9.59 Å². The molecule has 0 aliphatic carbocycles. The molecule has 0 bridgehead atoms. The van der Waals surface area contributed by atoms with Crippen molar-refractivity contribution in [1.82, 2.24) is 9.99 Å². The van der Waals surface area contributed by atoms with E-state index in [-0.39, 0.29) is 12.3 Å². The average Bonchev–Trinajstić information content (AvgIpc) is 2.96. The van der Waals surface area contributed by atoms with Crippen LogP contribution >= 0.6 is 15.9 Å². The molecule has 2 N–H and O–H groups in total. The highest BCUT2D eigenvalue weighted by Gasteiger charge is 2.11. The second kappa shape index (κ2) is 8.87. The van der Waals surface area contributed by atoms with Crippen molar-refractivity contribution in [1.29, 1.82) is 0 Å². The minimum Gasteiger partial charge on any atom is -0.481 e. The Labute approximate surface area is 177 Å². The SMILES string of the molecule is Cc1cc(/C=N\NC(=O)c2ccccc2Br)c(C)n1-c1ccc(CC(=O)O)cc1. The Morgan fingerprint density at radius 1 is 1.14 bits per heavy atom. The van der Waals surface area contributed by atoms with Crippen LogP contribution in [0.25, 0.3) is 5.69 Å². The monoisotopic (exact) mass is 453 g/mol. The number of carboxylic acids is 1. The Kier molecular flexibility index (Phi) is 6.29. The Balaban J connectivity index is 1.77. The van der Waals surface area contributed by atoms with Crippen LogP contribution in [0.3, 0.4) is 0 Å². The van der Waals surface area contributed by atoms with Crippen LogP contribution in [0.4, 0.5) is 0 Å². The number of carbonyl (C=O) groups is 2. The number of nitrogens with one attached hydrogen (secondary N) is 1. The third kappa shape index (κ3) is 4.81. The van der Waals surface area contributed by atoms with Gasteiger partial charge in [0.05, 0.1) is 18.2 Å². The van der Waals surface area contributed by atoms with Crippen molar-refractivity contribution in [3.63, 3.8) is 0 Å². The quantitative estimate of drug-likeness (QED) is 0.432. The fraction of sp³-hybridized carbons (Fsp3) is 0.136. The smallest absolute Gasteiger partial charge is 0.307 e. The molecule has 1 amide bonds. The summed E-state index contributed by atoms with van der Waals surface area (Å²) < 4.78 is 2.76. The highest BCUT2D eigenvalue weighted by Crippen LogP contribution is 2.20. The normalized spacial score (nSPS) is 11.0. The van der Waals surface area contributed by atoms with E-state index in [0.29, 0.717) is 10.0 Å². The number of hydrogen-bond donors (Lipinski definition) is 2. The number of halogens is 1. The molecule has 0 aliphatic rings. The minimum absolute atomic E-state index is 0.000935. The number of aromatic nitrogens is 1. The summed E-state index contributed by atoms with van der Waals surface area (Å²) in [5.41, 5.74) is 7.59. The summed E-state index contributed by atoms with van der Waals surface area (Å²) in [6.07, 6.45) is 1.62. The van der Waals surface area contributed by atoms with Crippen LogP contribution < -0.4 is 5.43 Å². The van der Waals surface area contributed by atoms with Crippen LogP contribution in [0.15, 0.2) is 64.2 Å². The van der Waals surface area contributed by atoms with Crippen molar-refractivity contribution in [3.05, 3.63) is 87.1 Å². The van der Waals surface area contributed by atoms with E-state index in [1.54, 1.807) is 24.4 Å². The number of benzene rings is 2. The fourth-order valence-corrected chi connectivity index (χ4v) is 3.58. The molecule has 0 radical (unpaired) electrons. The molecule has 0 fully saturated rings. The topological polar surface area (TPSA) is 83.7 Å². The molecule has 0 atom stereocenters. The second-order valence-corrected chi connectivity index (χ2v) is 7.43. The van der Waals surface area contributed by atoms with E-state index in [4.69, 9.17) is 5.11 Å². The van der Waals surface area contributed by atoms with E-state index in [1.807, 2.05) is 50.2 Å². The maximum atomic E-state index is 12.2. The zero-order chi connectivity index (χ0) is 21.0.